The molecule has 0 saturated heterocycles. The molecule has 0 saturated carbocycles. The lowest BCUT2D eigenvalue weighted by Crippen LogP contribution is -2.04. The number of methoxy groups -OCH3 is 1. The Bertz CT molecular complexity index is 799. The highest BCUT2D eigenvalue weighted by molar-refractivity contribution is 5.89. The molecule has 1 heterocycles. The van der Waals surface area contributed by atoms with Gasteiger partial charge in [-0.1, -0.05) is 0 Å². The Balaban J connectivity index is 0.000000359. The van der Waals surface area contributed by atoms with Crippen molar-refractivity contribution in [2.75, 3.05) is 13.6 Å². The van der Waals surface area contributed by atoms with E-state index in [-0.39, 0.29) is 0 Å². The van der Waals surface area contributed by atoms with Crippen LogP contribution in [0.5, 0.6) is 5.75 Å². The first-order valence-corrected chi connectivity index (χ1v) is 7.10. The molecule has 7 heteroatoms. The van der Waals surface area contributed by atoms with Gasteiger partial charge in [0.2, 0.25) is 0 Å². The fourth-order valence-electron chi connectivity index (χ4n) is 2.30. The van der Waals surface area contributed by atoms with Crippen molar-refractivity contribution in [3.8, 4) is 5.75 Å². The number of nitrogens with two attached hydrogens (primary N) is 1. The summed E-state index contributed by atoms with van der Waals surface area (Å²) in [6.07, 6.45) is 1.93. The predicted octanol–water partition coefficient (Wildman–Crippen LogP) is 1.71. The van der Waals surface area contributed by atoms with Gasteiger partial charge in [0.15, 0.2) is 0 Å². The lowest BCUT2D eigenvalue weighted by molar-refractivity contribution is -0.134. The largest absolute Gasteiger partial charge is 0.497 e. The van der Waals surface area contributed by atoms with Crippen molar-refractivity contribution in [2.24, 2.45) is 12.8 Å². The van der Waals surface area contributed by atoms with E-state index in [1.807, 2.05) is 19.2 Å². The summed E-state index contributed by atoms with van der Waals surface area (Å²) in [7, 11) is 0.723. The molecule has 0 unspecified atom stereocenters. The number of carboxylic acids is 2. The molecule has 2 aromatic rings. The van der Waals surface area contributed by atoms with Gasteiger partial charge in [0, 0.05) is 35.8 Å². The first-order valence-electron chi connectivity index (χ1n) is 8.25. The van der Waals surface area contributed by atoms with Crippen LogP contribution in [0, 0.1) is 6.92 Å². The molecule has 0 aliphatic rings. The van der Waals surface area contributed by atoms with Crippen LogP contribution in [-0.2, 0) is 23.1 Å². The Morgan fingerprint density at radius 2 is 1.96 bits per heavy atom. The number of fused-ring (bicyclic) bond motifs is 1. The third-order valence-corrected chi connectivity index (χ3v) is 3.49. The molecule has 0 radical (unpaired) electrons. The molecule has 0 aliphatic carbocycles. The summed E-state index contributed by atoms with van der Waals surface area (Å²) in [5.74, 6) is -1.96. The van der Waals surface area contributed by atoms with Crippen LogP contribution in [0.15, 0.2) is 30.4 Å². The smallest absolute Gasteiger partial charge is 0.328 e. The van der Waals surface area contributed by atoms with Crippen LogP contribution >= 0.6 is 0 Å². The van der Waals surface area contributed by atoms with E-state index >= 15 is 0 Å². The number of hydrogen-bond donors (Lipinski definition) is 3. The zero-order chi connectivity index (χ0) is 19.9. The summed E-state index contributed by atoms with van der Waals surface area (Å²) in [6.45, 7) is 2.67. The number of aliphatic carboxylic acids is 2. The average Bonchev–Trinajstić information content (AvgIpc) is 2.78. The van der Waals surface area contributed by atoms with Gasteiger partial charge >= 0.3 is 11.9 Å². The molecule has 1 aromatic heterocycles. The van der Waals surface area contributed by atoms with Gasteiger partial charge in [0.25, 0.3) is 0 Å². The Labute approximate surface area is 142 Å². The molecular formula is C17H22N2O5. The van der Waals surface area contributed by atoms with Gasteiger partial charge < -0.3 is 25.3 Å². The number of carboxylic acid groups (broad SMARTS) is 2. The van der Waals surface area contributed by atoms with Gasteiger partial charge in [0.1, 0.15) is 5.75 Å². The fourth-order valence-corrected chi connectivity index (χ4v) is 2.30. The van der Waals surface area contributed by atoms with Crippen LogP contribution in [0.2, 0.25) is 0 Å². The summed E-state index contributed by atoms with van der Waals surface area (Å²) in [6, 6.07) is 5.65. The highest BCUT2D eigenvalue weighted by Crippen LogP contribution is 2.28. The first-order chi connectivity index (χ1) is 12.2. The lowest BCUT2D eigenvalue weighted by atomic mass is 10.1. The number of nitrogens with zero attached hydrogens (tertiary/aromatic N) is 1. The molecule has 2 rings (SSSR count). The summed E-state index contributed by atoms with van der Waals surface area (Å²) in [4.78, 5) is 19.1. The van der Waals surface area contributed by atoms with Crippen molar-refractivity contribution in [2.45, 2.75) is 13.3 Å². The van der Waals surface area contributed by atoms with E-state index in [9.17, 15) is 9.59 Å². The van der Waals surface area contributed by atoms with E-state index in [0.29, 0.717) is 24.4 Å². The second-order valence-electron chi connectivity index (χ2n) is 4.97. The summed E-state index contributed by atoms with van der Waals surface area (Å²) in [5.41, 5.74) is 9.18. The molecule has 0 atom stereocenters. The molecule has 4 N–H and O–H groups in total. The van der Waals surface area contributed by atoms with E-state index in [1.54, 1.807) is 6.07 Å². The second kappa shape index (κ2) is 8.73. The van der Waals surface area contributed by atoms with Crippen LogP contribution < -0.4 is 10.5 Å². The van der Waals surface area contributed by atoms with Crippen molar-refractivity contribution in [1.29, 1.82) is 0 Å². The first kappa shape index (κ1) is 16.1. The highest BCUT2D eigenvalue weighted by Gasteiger charge is 2.11. The summed E-state index contributed by atoms with van der Waals surface area (Å²) in [5, 5.41) is 16.7. The van der Waals surface area contributed by atoms with E-state index in [2.05, 4.69) is 11.5 Å². The van der Waals surface area contributed by atoms with Crippen LogP contribution in [0.3, 0.4) is 0 Å². The van der Waals surface area contributed by atoms with Crippen LogP contribution in [0.25, 0.3) is 10.9 Å². The molecular weight excluding hydrogens is 312 g/mol. The summed E-state index contributed by atoms with van der Waals surface area (Å²) < 4.78 is 21.5. The minimum atomic E-state index is -1.30. The molecule has 7 nitrogen and oxygen atoms in total. The normalized spacial score (nSPS) is 11.8. The fraction of sp³-hybridized carbons (Fsp3) is 0.294. The Hall–Kier alpha value is -2.80. The van der Waals surface area contributed by atoms with Gasteiger partial charge in [-0.3, -0.25) is 0 Å². The van der Waals surface area contributed by atoms with Gasteiger partial charge in [-0.2, -0.15) is 0 Å². The zero-order valence-corrected chi connectivity index (χ0v) is 13.5. The van der Waals surface area contributed by atoms with Crippen LogP contribution in [0.1, 0.15) is 14.0 Å². The SMILES string of the molecule is O=C(O)/C=C/C(=O)O.[2H]C([2H])Oc1ccc2c(c1)c(CCN)c(C)n2C. The molecule has 0 aliphatic heterocycles. The number of carbonyl (C=O) groups is 2. The number of benzene rings is 1. The second-order valence-corrected chi connectivity index (χ2v) is 4.97. The van der Waals surface area contributed by atoms with Gasteiger partial charge in [-0.05, 0) is 43.7 Å². The maximum absolute atomic E-state index is 9.55. The minimum Gasteiger partial charge on any atom is -0.497 e. The predicted molar refractivity (Wildman–Crippen MR) is 91.4 cm³/mol. The van der Waals surface area contributed by atoms with Gasteiger partial charge in [-0.25, -0.2) is 9.59 Å². The topological polar surface area (TPSA) is 115 Å². The maximum atomic E-state index is 9.55. The Kier molecular flexibility index (Phi) is 5.85. The molecule has 1 aromatic carbocycles. The zero-order valence-electron chi connectivity index (χ0n) is 15.5. The van der Waals surface area contributed by atoms with Gasteiger partial charge in [0.05, 0.1) is 9.80 Å². The van der Waals surface area contributed by atoms with E-state index in [0.717, 1.165) is 17.3 Å². The summed E-state index contributed by atoms with van der Waals surface area (Å²) >= 11 is 0. The van der Waals surface area contributed by atoms with Gasteiger partial charge in [-0.15, -0.1) is 0 Å². The van der Waals surface area contributed by atoms with Crippen molar-refractivity contribution in [1.82, 2.24) is 4.57 Å². The lowest BCUT2D eigenvalue weighted by Gasteiger charge is -2.01. The number of rotatable bonds is 5. The van der Waals surface area contributed by atoms with Crippen LogP contribution in [0.4, 0.5) is 0 Å². The minimum absolute atomic E-state index is 0.557. The van der Waals surface area contributed by atoms with Crippen molar-refractivity contribution in [3.05, 3.63) is 41.6 Å². The maximum Gasteiger partial charge on any atom is 0.328 e. The van der Waals surface area contributed by atoms with E-state index in [4.69, 9.17) is 23.4 Å². The Morgan fingerprint density at radius 1 is 1.33 bits per heavy atom. The van der Waals surface area contributed by atoms with Crippen molar-refractivity contribution in [3.63, 3.8) is 0 Å². The molecule has 130 valence electrons. The highest BCUT2D eigenvalue weighted by atomic mass is 16.5. The van der Waals surface area contributed by atoms with E-state index < -0.39 is 19.0 Å². The monoisotopic (exact) mass is 336 g/mol. The Morgan fingerprint density at radius 3 is 2.46 bits per heavy atom. The number of aromatic nitrogens is 1. The van der Waals surface area contributed by atoms with Crippen molar-refractivity contribution >= 4 is 22.8 Å². The third kappa shape index (κ3) is 4.85. The number of aryl methyl sites for hydroxylation is 1. The van der Waals surface area contributed by atoms with E-state index in [1.165, 1.54) is 11.3 Å². The molecule has 0 spiro atoms. The molecule has 24 heavy (non-hydrogen) atoms. The quantitative estimate of drug-likeness (QED) is 0.716. The third-order valence-electron chi connectivity index (χ3n) is 3.49. The molecule has 0 amide bonds. The molecule has 0 bridgehead atoms. The van der Waals surface area contributed by atoms with Crippen LogP contribution in [-0.4, -0.2) is 40.3 Å². The standard InChI is InChI=1S/C13H18N2O.C4H4O4/c1-9-11(6-7-14)12-8-10(16-3)4-5-13(12)15(9)2;5-3(6)1-2-4(7)8/h4-5,8H,6-7,14H2,1-3H3;1-2H,(H,5,6)(H,7,8)/b;2-1+/i3D2;. The van der Waals surface area contributed by atoms with Crippen molar-refractivity contribution < 1.29 is 27.3 Å². The number of hydrogen-bond acceptors (Lipinski definition) is 4. The number of ether oxygens (including phenoxy) is 1. The average molecular weight is 336 g/mol. The molecule has 0 fully saturated rings.